The SMILES string of the molecule is CCCOCCN(O)C1CCC2=CC3=CCC4(C)C(c5ccc6ccncc6c5)CC[C@H]4[C@@]34CC[C@]2(C1)O4. The van der Waals surface area contributed by atoms with Gasteiger partial charge in [0.05, 0.1) is 17.8 Å². The van der Waals surface area contributed by atoms with Crippen LogP contribution in [0.1, 0.15) is 83.1 Å². The first-order valence-electron chi connectivity index (χ1n) is 15.0. The molecule has 2 bridgehead atoms. The maximum atomic E-state index is 10.9. The highest BCUT2D eigenvalue weighted by atomic mass is 16.5. The van der Waals surface area contributed by atoms with E-state index in [9.17, 15) is 5.21 Å². The standard InChI is InChI=1S/C33H42N2O3/c1-3-17-37-18-16-35(36)28-7-6-26-20-27-10-12-31(2)29(24-5-4-23-11-15-34-22-25(23)19-24)8-9-30(31)33(27)14-13-32(26,21-28)38-33/h4-5,10-11,15,19-20,22,28-30,36H,3,6-9,12-14,16-18,21H2,1-2H3/t28?,29?,30-,31?,32-,33-/m1/s1. The summed E-state index contributed by atoms with van der Waals surface area (Å²) in [5, 5.41) is 15.0. The van der Waals surface area contributed by atoms with Gasteiger partial charge in [-0.2, -0.15) is 5.06 Å². The number of hydroxylamine groups is 2. The van der Waals surface area contributed by atoms with Crippen LogP contribution >= 0.6 is 0 Å². The van der Waals surface area contributed by atoms with Gasteiger partial charge in [-0.1, -0.05) is 38.1 Å². The van der Waals surface area contributed by atoms with E-state index in [2.05, 4.69) is 55.2 Å². The molecule has 2 aromatic rings. The number of fused-ring (bicyclic) bond motifs is 2. The lowest BCUT2D eigenvalue weighted by Crippen LogP contribution is -2.55. The maximum Gasteiger partial charge on any atom is 0.0974 e. The molecule has 5 aliphatic rings. The molecular formula is C33H42N2O3. The van der Waals surface area contributed by atoms with Crippen LogP contribution in [0.15, 0.2) is 60.0 Å². The molecule has 5 nitrogen and oxygen atoms in total. The van der Waals surface area contributed by atoms with Crippen LogP contribution < -0.4 is 0 Å². The zero-order chi connectivity index (χ0) is 26.0. The van der Waals surface area contributed by atoms with Crippen molar-refractivity contribution in [3.8, 4) is 0 Å². The second-order valence-electron chi connectivity index (χ2n) is 12.9. The lowest BCUT2D eigenvalue weighted by atomic mass is 9.58. The molecule has 3 heterocycles. The second-order valence-corrected chi connectivity index (χ2v) is 12.9. The van der Waals surface area contributed by atoms with Gasteiger partial charge < -0.3 is 14.7 Å². The van der Waals surface area contributed by atoms with E-state index in [0.29, 0.717) is 25.0 Å². The number of pyridine rings is 1. The van der Waals surface area contributed by atoms with Gasteiger partial charge in [0, 0.05) is 37.0 Å². The van der Waals surface area contributed by atoms with Crippen molar-refractivity contribution >= 4 is 10.8 Å². The number of nitrogens with zero attached hydrogens (tertiary/aromatic N) is 2. The van der Waals surface area contributed by atoms with Crippen LogP contribution in [-0.2, 0) is 9.47 Å². The Labute approximate surface area is 226 Å². The van der Waals surface area contributed by atoms with Gasteiger partial charge in [0.1, 0.15) is 0 Å². The molecule has 6 atom stereocenters. The van der Waals surface area contributed by atoms with Crippen LogP contribution in [0, 0.1) is 11.3 Å². The van der Waals surface area contributed by atoms with E-state index < -0.39 is 0 Å². The Bertz CT molecular complexity index is 1290. The molecule has 2 saturated carbocycles. The summed E-state index contributed by atoms with van der Waals surface area (Å²) in [5.41, 5.74) is 4.20. The van der Waals surface area contributed by atoms with E-state index in [1.54, 1.807) is 5.06 Å². The molecule has 2 spiro atoms. The summed E-state index contributed by atoms with van der Waals surface area (Å²) >= 11 is 0. The normalized spacial score (nSPS) is 37.5. The van der Waals surface area contributed by atoms with E-state index in [1.165, 1.54) is 40.3 Å². The monoisotopic (exact) mass is 514 g/mol. The number of allylic oxidation sites excluding steroid dienone is 1. The Kier molecular flexibility index (Phi) is 6.08. The first-order valence-corrected chi connectivity index (χ1v) is 15.0. The Hall–Kier alpha value is -2.05. The molecule has 2 aliphatic heterocycles. The van der Waals surface area contributed by atoms with Crippen molar-refractivity contribution in [2.45, 2.75) is 94.8 Å². The van der Waals surface area contributed by atoms with Gasteiger partial charge in [-0.25, -0.2) is 0 Å². The van der Waals surface area contributed by atoms with Crippen LogP contribution in [0.4, 0.5) is 0 Å². The summed E-state index contributed by atoms with van der Waals surface area (Å²) in [6.07, 6.45) is 18.6. The van der Waals surface area contributed by atoms with Crippen molar-refractivity contribution in [2.75, 3.05) is 19.8 Å². The van der Waals surface area contributed by atoms with Crippen molar-refractivity contribution in [3.05, 3.63) is 65.5 Å². The van der Waals surface area contributed by atoms with Crippen molar-refractivity contribution in [2.24, 2.45) is 11.3 Å². The second kappa shape index (κ2) is 9.26. The highest BCUT2D eigenvalue weighted by molar-refractivity contribution is 5.82. The quantitative estimate of drug-likeness (QED) is 0.320. The summed E-state index contributed by atoms with van der Waals surface area (Å²) < 4.78 is 13.1. The number of hydrogen-bond donors (Lipinski definition) is 1. The topological polar surface area (TPSA) is 54.8 Å². The third-order valence-corrected chi connectivity index (χ3v) is 11.0. The average molecular weight is 515 g/mol. The van der Waals surface area contributed by atoms with Crippen LogP contribution in [0.5, 0.6) is 0 Å². The molecule has 3 aliphatic carbocycles. The molecule has 0 radical (unpaired) electrons. The summed E-state index contributed by atoms with van der Waals surface area (Å²) in [5.74, 6) is 1.06. The van der Waals surface area contributed by atoms with Crippen molar-refractivity contribution in [1.29, 1.82) is 0 Å². The molecule has 202 valence electrons. The minimum absolute atomic E-state index is 0.135. The van der Waals surface area contributed by atoms with Crippen LogP contribution in [0.2, 0.25) is 0 Å². The van der Waals surface area contributed by atoms with E-state index in [1.807, 2.05) is 12.4 Å². The first kappa shape index (κ1) is 25.0. The molecule has 7 rings (SSSR count). The van der Waals surface area contributed by atoms with Crippen LogP contribution in [0.25, 0.3) is 10.8 Å². The van der Waals surface area contributed by atoms with Crippen molar-refractivity contribution in [3.63, 3.8) is 0 Å². The minimum Gasteiger partial charge on any atom is -0.380 e. The maximum absolute atomic E-state index is 10.9. The van der Waals surface area contributed by atoms with Gasteiger partial charge in [-0.15, -0.1) is 0 Å². The summed E-state index contributed by atoms with van der Waals surface area (Å²) in [7, 11) is 0. The fourth-order valence-electron chi connectivity index (χ4n) is 9.09. The molecular weight excluding hydrogens is 472 g/mol. The summed E-state index contributed by atoms with van der Waals surface area (Å²) in [4.78, 5) is 4.38. The molecule has 38 heavy (non-hydrogen) atoms. The Morgan fingerprint density at radius 1 is 1.13 bits per heavy atom. The minimum atomic E-state index is -0.212. The smallest absolute Gasteiger partial charge is 0.0974 e. The number of rotatable bonds is 7. The molecule has 1 aromatic heterocycles. The molecule has 1 saturated heterocycles. The third-order valence-electron chi connectivity index (χ3n) is 11.0. The van der Waals surface area contributed by atoms with Crippen molar-refractivity contribution in [1.82, 2.24) is 10.0 Å². The van der Waals surface area contributed by atoms with Gasteiger partial charge in [-0.05, 0) is 109 Å². The molecule has 5 heteroatoms. The Morgan fingerprint density at radius 2 is 2.05 bits per heavy atom. The Morgan fingerprint density at radius 3 is 2.95 bits per heavy atom. The van der Waals surface area contributed by atoms with Crippen LogP contribution in [-0.4, -0.2) is 52.3 Å². The molecule has 1 N–H and O–H groups in total. The summed E-state index contributed by atoms with van der Waals surface area (Å²) in [6, 6.07) is 9.26. The average Bonchev–Trinajstić information content (AvgIpc) is 3.45. The third kappa shape index (κ3) is 3.69. The number of hydrogen-bond acceptors (Lipinski definition) is 5. The Balaban J connectivity index is 1.15. The summed E-state index contributed by atoms with van der Waals surface area (Å²) in [6.45, 7) is 6.56. The van der Waals surface area contributed by atoms with Gasteiger partial charge >= 0.3 is 0 Å². The lowest BCUT2D eigenvalue weighted by molar-refractivity contribution is -0.181. The largest absolute Gasteiger partial charge is 0.380 e. The van der Waals surface area contributed by atoms with E-state index in [-0.39, 0.29) is 22.7 Å². The van der Waals surface area contributed by atoms with E-state index in [4.69, 9.17) is 9.47 Å². The van der Waals surface area contributed by atoms with Gasteiger partial charge in [-0.3, -0.25) is 4.98 Å². The van der Waals surface area contributed by atoms with E-state index in [0.717, 1.165) is 51.6 Å². The highest BCUT2D eigenvalue weighted by Gasteiger charge is 2.66. The van der Waals surface area contributed by atoms with Gasteiger partial charge in [0.2, 0.25) is 0 Å². The fourth-order valence-corrected chi connectivity index (χ4v) is 9.09. The van der Waals surface area contributed by atoms with Crippen molar-refractivity contribution < 1.29 is 14.7 Å². The molecule has 3 fully saturated rings. The van der Waals surface area contributed by atoms with E-state index >= 15 is 0 Å². The van der Waals surface area contributed by atoms with Crippen LogP contribution in [0.3, 0.4) is 0 Å². The number of ether oxygens (including phenoxy) is 2. The molecule has 1 aromatic carbocycles. The first-order chi connectivity index (χ1) is 18.5. The number of aromatic nitrogens is 1. The predicted molar refractivity (Wildman–Crippen MR) is 149 cm³/mol. The fraction of sp³-hybridized carbons (Fsp3) is 0.606. The zero-order valence-corrected chi connectivity index (χ0v) is 23.0. The zero-order valence-electron chi connectivity index (χ0n) is 23.0. The molecule has 0 amide bonds. The molecule has 3 unspecified atom stereocenters. The van der Waals surface area contributed by atoms with Gasteiger partial charge in [0.15, 0.2) is 0 Å². The highest BCUT2D eigenvalue weighted by Crippen LogP contribution is 2.69. The lowest BCUT2D eigenvalue weighted by Gasteiger charge is -2.54. The number of benzene rings is 1. The van der Waals surface area contributed by atoms with Gasteiger partial charge in [0.25, 0.3) is 0 Å². The predicted octanol–water partition coefficient (Wildman–Crippen LogP) is 6.96.